The third-order valence-electron chi connectivity index (χ3n) is 4.68. The van der Waals surface area contributed by atoms with Crippen LogP contribution in [0.15, 0.2) is 54.7 Å². The van der Waals surface area contributed by atoms with Crippen LogP contribution < -0.4 is 0 Å². The Bertz CT molecular complexity index is 1160. The lowest BCUT2D eigenvalue weighted by molar-refractivity contribution is -0.0584. The number of carbonyl (C=O) groups excluding carboxylic acids is 3. The zero-order valence-corrected chi connectivity index (χ0v) is 17.3. The highest BCUT2D eigenvalue weighted by Crippen LogP contribution is 2.32. The van der Waals surface area contributed by atoms with Crippen molar-refractivity contribution in [1.29, 1.82) is 0 Å². The summed E-state index contributed by atoms with van der Waals surface area (Å²) in [5.41, 5.74) is 0.881. The molecule has 8 heteroatoms. The van der Waals surface area contributed by atoms with Crippen molar-refractivity contribution in [3.05, 3.63) is 76.4 Å². The quantitative estimate of drug-likeness (QED) is 0.586. The van der Waals surface area contributed by atoms with Gasteiger partial charge < -0.3 is 4.84 Å². The van der Waals surface area contributed by atoms with Crippen LogP contribution in [0.2, 0.25) is 5.02 Å². The van der Waals surface area contributed by atoms with Gasteiger partial charge in [0.15, 0.2) is 0 Å². The van der Waals surface area contributed by atoms with Gasteiger partial charge in [-0.3, -0.25) is 14.3 Å². The van der Waals surface area contributed by atoms with Gasteiger partial charge in [-0.25, -0.2) is 4.79 Å². The Morgan fingerprint density at radius 3 is 2.00 bits per heavy atom. The van der Waals surface area contributed by atoms with Crippen molar-refractivity contribution < 1.29 is 19.2 Å². The predicted molar refractivity (Wildman–Crippen MR) is 110 cm³/mol. The minimum Gasteiger partial charge on any atom is -0.324 e. The molecule has 2 heterocycles. The average molecular weight is 424 g/mol. The van der Waals surface area contributed by atoms with E-state index in [0.717, 1.165) is 0 Å². The number of benzene rings is 2. The maximum absolute atomic E-state index is 13.0. The average Bonchev–Trinajstić information content (AvgIpc) is 3.25. The summed E-state index contributed by atoms with van der Waals surface area (Å²) in [6.07, 6.45) is 1.53. The van der Waals surface area contributed by atoms with Crippen LogP contribution in [0.25, 0.3) is 11.3 Å². The van der Waals surface area contributed by atoms with E-state index in [1.54, 1.807) is 41.1 Å². The second-order valence-electron chi connectivity index (χ2n) is 7.82. The van der Waals surface area contributed by atoms with Crippen LogP contribution in [0.3, 0.4) is 0 Å². The molecule has 0 bridgehead atoms. The molecule has 152 valence electrons. The van der Waals surface area contributed by atoms with Crippen molar-refractivity contribution in [2.24, 2.45) is 0 Å². The molecule has 1 aliphatic rings. The number of hydrogen-bond donors (Lipinski definition) is 0. The number of rotatable bonds is 3. The van der Waals surface area contributed by atoms with Gasteiger partial charge in [0.05, 0.1) is 21.7 Å². The van der Waals surface area contributed by atoms with Gasteiger partial charge in [0.1, 0.15) is 11.3 Å². The first kappa shape index (κ1) is 19.8. The molecule has 1 aromatic heterocycles. The van der Waals surface area contributed by atoms with Crippen molar-refractivity contribution in [2.75, 3.05) is 0 Å². The standard InChI is InChI=1S/C22H18ClN3O4/c1-22(2,3)25-12-16(18(24-25)15-10-6-7-11-17(15)23)21(29)30-26-19(27)13-8-4-5-9-14(13)20(26)28/h4-12H,1-3H3. The summed E-state index contributed by atoms with van der Waals surface area (Å²) in [7, 11) is 0. The van der Waals surface area contributed by atoms with Gasteiger partial charge >= 0.3 is 5.97 Å². The summed E-state index contributed by atoms with van der Waals surface area (Å²) in [6, 6.07) is 13.3. The summed E-state index contributed by atoms with van der Waals surface area (Å²) in [6.45, 7) is 5.78. The molecule has 0 N–H and O–H groups in total. The number of aromatic nitrogens is 2. The van der Waals surface area contributed by atoms with Crippen LogP contribution in [0.4, 0.5) is 0 Å². The van der Waals surface area contributed by atoms with Crippen LogP contribution in [-0.4, -0.2) is 32.6 Å². The van der Waals surface area contributed by atoms with E-state index in [4.69, 9.17) is 16.4 Å². The van der Waals surface area contributed by atoms with E-state index in [0.29, 0.717) is 21.3 Å². The first-order chi connectivity index (χ1) is 14.2. The van der Waals surface area contributed by atoms with Crippen molar-refractivity contribution in [1.82, 2.24) is 14.8 Å². The Hall–Kier alpha value is -3.45. The maximum Gasteiger partial charge on any atom is 0.367 e. The number of halogens is 1. The van der Waals surface area contributed by atoms with Gasteiger partial charge in [-0.2, -0.15) is 5.10 Å². The second kappa shape index (κ2) is 7.11. The van der Waals surface area contributed by atoms with E-state index < -0.39 is 23.3 Å². The van der Waals surface area contributed by atoms with Crippen molar-refractivity contribution in [2.45, 2.75) is 26.3 Å². The van der Waals surface area contributed by atoms with Crippen molar-refractivity contribution >= 4 is 29.4 Å². The van der Waals surface area contributed by atoms with E-state index in [9.17, 15) is 14.4 Å². The molecule has 0 spiro atoms. The van der Waals surface area contributed by atoms with Gasteiger partial charge in [0, 0.05) is 11.8 Å². The molecule has 30 heavy (non-hydrogen) atoms. The number of nitrogens with zero attached hydrogens (tertiary/aromatic N) is 3. The minimum atomic E-state index is -0.880. The lowest BCUT2D eigenvalue weighted by Gasteiger charge is -2.18. The van der Waals surface area contributed by atoms with Gasteiger partial charge in [0.2, 0.25) is 0 Å². The van der Waals surface area contributed by atoms with Gasteiger partial charge in [-0.1, -0.05) is 47.0 Å². The molecule has 0 atom stereocenters. The van der Waals surface area contributed by atoms with E-state index in [-0.39, 0.29) is 16.7 Å². The van der Waals surface area contributed by atoms with E-state index in [2.05, 4.69) is 5.10 Å². The largest absolute Gasteiger partial charge is 0.367 e. The normalized spacial score (nSPS) is 13.5. The van der Waals surface area contributed by atoms with Crippen LogP contribution in [0.1, 0.15) is 51.8 Å². The molecular formula is C22H18ClN3O4. The molecule has 0 unspecified atom stereocenters. The summed E-state index contributed by atoms with van der Waals surface area (Å²) in [4.78, 5) is 43.3. The zero-order valence-electron chi connectivity index (χ0n) is 16.5. The third kappa shape index (κ3) is 3.27. The first-order valence-electron chi connectivity index (χ1n) is 9.23. The number of hydrogen-bond acceptors (Lipinski definition) is 5. The van der Waals surface area contributed by atoms with Crippen LogP contribution in [0.5, 0.6) is 0 Å². The molecular weight excluding hydrogens is 406 g/mol. The van der Waals surface area contributed by atoms with E-state index in [1.807, 2.05) is 20.8 Å². The van der Waals surface area contributed by atoms with E-state index in [1.165, 1.54) is 18.3 Å². The predicted octanol–water partition coefficient (Wildman–Crippen LogP) is 4.33. The molecule has 2 amide bonds. The monoisotopic (exact) mass is 423 g/mol. The SMILES string of the molecule is CC(C)(C)n1cc(C(=O)ON2C(=O)c3ccccc3C2=O)c(-c2ccccc2Cl)n1. The number of amides is 2. The summed E-state index contributed by atoms with van der Waals surface area (Å²) in [5, 5.41) is 5.42. The smallest absolute Gasteiger partial charge is 0.324 e. The number of hydroxylamine groups is 2. The van der Waals surface area contributed by atoms with Crippen molar-refractivity contribution in [3.8, 4) is 11.3 Å². The molecule has 3 aromatic rings. The Kier molecular flexibility index (Phi) is 4.70. The number of fused-ring (bicyclic) bond motifs is 1. The van der Waals surface area contributed by atoms with Crippen LogP contribution >= 0.6 is 11.6 Å². The molecule has 0 aliphatic carbocycles. The van der Waals surface area contributed by atoms with Gasteiger partial charge in [-0.05, 0) is 39.0 Å². The Morgan fingerprint density at radius 1 is 0.933 bits per heavy atom. The number of carbonyl (C=O) groups is 3. The van der Waals surface area contributed by atoms with E-state index >= 15 is 0 Å². The minimum absolute atomic E-state index is 0.0922. The Balaban J connectivity index is 1.73. The van der Waals surface area contributed by atoms with Gasteiger partial charge in [0.25, 0.3) is 11.8 Å². The van der Waals surface area contributed by atoms with Gasteiger partial charge in [-0.15, -0.1) is 0 Å². The van der Waals surface area contributed by atoms with Crippen LogP contribution in [0, 0.1) is 0 Å². The fourth-order valence-corrected chi connectivity index (χ4v) is 3.33. The molecule has 2 aromatic carbocycles. The lowest BCUT2D eigenvalue weighted by Crippen LogP contribution is -2.32. The lowest BCUT2D eigenvalue weighted by atomic mass is 10.1. The molecule has 0 fully saturated rings. The third-order valence-corrected chi connectivity index (χ3v) is 5.01. The topological polar surface area (TPSA) is 81.5 Å². The summed E-state index contributed by atoms with van der Waals surface area (Å²) in [5.74, 6) is -2.26. The fourth-order valence-electron chi connectivity index (χ4n) is 3.10. The highest BCUT2D eigenvalue weighted by atomic mass is 35.5. The molecule has 0 saturated heterocycles. The highest BCUT2D eigenvalue weighted by Gasteiger charge is 2.39. The second-order valence-corrected chi connectivity index (χ2v) is 8.22. The first-order valence-corrected chi connectivity index (χ1v) is 9.61. The fraction of sp³-hybridized carbons (Fsp3) is 0.182. The van der Waals surface area contributed by atoms with Crippen LogP contribution in [-0.2, 0) is 10.4 Å². The maximum atomic E-state index is 13.0. The molecule has 7 nitrogen and oxygen atoms in total. The zero-order chi connectivity index (χ0) is 21.6. The molecule has 1 aliphatic heterocycles. The Labute approximate surface area is 177 Å². The summed E-state index contributed by atoms with van der Waals surface area (Å²) >= 11 is 6.32. The molecule has 0 radical (unpaired) electrons. The Morgan fingerprint density at radius 2 is 1.47 bits per heavy atom. The number of imide groups is 1. The molecule has 0 saturated carbocycles. The summed E-state index contributed by atoms with van der Waals surface area (Å²) < 4.78 is 1.62. The molecule has 4 rings (SSSR count). The highest BCUT2D eigenvalue weighted by molar-refractivity contribution is 6.33. The van der Waals surface area contributed by atoms with Crippen molar-refractivity contribution in [3.63, 3.8) is 0 Å².